The normalized spacial score (nSPS) is 32.9. The molecule has 0 aromatic rings. The zero-order valence-electron chi connectivity index (χ0n) is 17.8. The van der Waals surface area contributed by atoms with Gasteiger partial charge in [-0.3, -0.25) is 19.3 Å². The molecule has 2 heterocycles. The highest BCUT2D eigenvalue weighted by Crippen LogP contribution is 2.42. The topological polar surface area (TPSA) is 57.7 Å². The second kappa shape index (κ2) is 8.08. The summed E-state index contributed by atoms with van der Waals surface area (Å²) >= 11 is 0. The van der Waals surface area contributed by atoms with E-state index in [4.69, 9.17) is 0 Å². The van der Waals surface area contributed by atoms with Crippen molar-refractivity contribution in [2.24, 2.45) is 23.2 Å². The third-order valence-corrected chi connectivity index (χ3v) is 7.37. The van der Waals surface area contributed by atoms with E-state index >= 15 is 0 Å². The van der Waals surface area contributed by atoms with Crippen LogP contribution in [0.25, 0.3) is 0 Å². The molecule has 0 N–H and O–H groups in total. The lowest BCUT2D eigenvalue weighted by Crippen LogP contribution is -2.55. The molecule has 2 fully saturated rings. The van der Waals surface area contributed by atoms with Gasteiger partial charge in [0.1, 0.15) is 6.04 Å². The fraction of sp³-hybridized carbons (Fsp3) is 0.708. The molecule has 4 aliphatic rings. The summed E-state index contributed by atoms with van der Waals surface area (Å²) < 4.78 is 0. The third kappa shape index (κ3) is 3.80. The largest absolute Gasteiger partial charge is 0.340 e. The lowest BCUT2D eigenvalue weighted by Gasteiger charge is -2.45. The highest BCUT2D eigenvalue weighted by molar-refractivity contribution is 6.08. The molecule has 2 saturated heterocycles. The first-order valence-electron chi connectivity index (χ1n) is 11.4. The van der Waals surface area contributed by atoms with Crippen LogP contribution in [0, 0.1) is 23.2 Å². The van der Waals surface area contributed by atoms with Crippen molar-refractivity contribution in [1.29, 1.82) is 0 Å². The maximum atomic E-state index is 13.7. The van der Waals surface area contributed by atoms with E-state index in [2.05, 4.69) is 26.0 Å². The molecular formula is C24H34N2O3. The number of nitrogens with zero attached hydrogens (tertiary/aromatic N) is 2. The number of imide groups is 1. The standard InChI is InChI=1S/C24H34N2O3/c1-17(2)15-20(26-21(27)18-9-4-5-10-19(18)22(26)28)23(29)25-14-8-13-24(16-25)11-6-3-7-12-24/h3-6,17-20H,7-16H2,1-2H3/t18-,19-,20+,24+/m0/s1. The van der Waals surface area contributed by atoms with Gasteiger partial charge in [-0.1, -0.05) is 38.2 Å². The molecule has 1 spiro atoms. The summed E-state index contributed by atoms with van der Waals surface area (Å²) in [6.45, 7) is 5.62. The second-order valence-electron chi connectivity index (χ2n) is 9.93. The number of fused-ring (bicyclic) bond motifs is 1. The van der Waals surface area contributed by atoms with Crippen molar-refractivity contribution >= 4 is 17.7 Å². The summed E-state index contributed by atoms with van der Waals surface area (Å²) in [5.74, 6) is -0.578. The summed E-state index contributed by atoms with van der Waals surface area (Å²) in [5.41, 5.74) is 0.183. The smallest absolute Gasteiger partial charge is 0.245 e. The van der Waals surface area contributed by atoms with E-state index in [1.54, 1.807) is 0 Å². The highest BCUT2D eigenvalue weighted by Gasteiger charge is 2.52. The molecule has 5 heteroatoms. The van der Waals surface area contributed by atoms with Crippen molar-refractivity contribution in [3.05, 3.63) is 24.3 Å². The van der Waals surface area contributed by atoms with Crippen LogP contribution < -0.4 is 0 Å². The molecule has 158 valence electrons. The molecule has 0 radical (unpaired) electrons. The van der Waals surface area contributed by atoms with Gasteiger partial charge in [0.15, 0.2) is 0 Å². The summed E-state index contributed by atoms with van der Waals surface area (Å²) in [6.07, 6.45) is 15.7. The first kappa shape index (κ1) is 20.4. The monoisotopic (exact) mass is 398 g/mol. The Morgan fingerprint density at radius 2 is 1.76 bits per heavy atom. The Labute approximate surface area is 174 Å². The van der Waals surface area contributed by atoms with Crippen molar-refractivity contribution < 1.29 is 14.4 Å². The summed E-state index contributed by atoms with van der Waals surface area (Å²) in [5, 5.41) is 0. The Morgan fingerprint density at radius 3 is 2.34 bits per heavy atom. The van der Waals surface area contributed by atoms with Crippen LogP contribution in [0.2, 0.25) is 0 Å². The van der Waals surface area contributed by atoms with E-state index in [1.165, 1.54) is 4.90 Å². The van der Waals surface area contributed by atoms with Gasteiger partial charge < -0.3 is 4.90 Å². The van der Waals surface area contributed by atoms with Crippen LogP contribution in [0.3, 0.4) is 0 Å². The molecule has 2 aliphatic heterocycles. The first-order chi connectivity index (χ1) is 13.9. The molecule has 4 atom stereocenters. The fourth-order valence-corrected chi connectivity index (χ4v) is 5.82. The van der Waals surface area contributed by atoms with E-state index < -0.39 is 6.04 Å². The number of hydrogen-bond donors (Lipinski definition) is 0. The van der Waals surface area contributed by atoms with Gasteiger partial charge in [0.05, 0.1) is 11.8 Å². The number of rotatable bonds is 4. The molecular weight excluding hydrogens is 364 g/mol. The van der Waals surface area contributed by atoms with Gasteiger partial charge in [-0.05, 0) is 62.7 Å². The second-order valence-corrected chi connectivity index (χ2v) is 9.93. The number of amides is 3. The van der Waals surface area contributed by atoms with Crippen LogP contribution in [-0.4, -0.2) is 46.7 Å². The molecule has 0 aromatic heterocycles. The number of carbonyl (C=O) groups excluding carboxylic acids is 3. The maximum Gasteiger partial charge on any atom is 0.245 e. The van der Waals surface area contributed by atoms with Crippen LogP contribution in [0.4, 0.5) is 0 Å². The molecule has 2 aliphatic carbocycles. The van der Waals surface area contributed by atoms with Crippen molar-refractivity contribution in [3.8, 4) is 0 Å². The number of allylic oxidation sites excluding steroid dienone is 4. The van der Waals surface area contributed by atoms with Crippen LogP contribution >= 0.6 is 0 Å². The van der Waals surface area contributed by atoms with Gasteiger partial charge in [0, 0.05) is 13.1 Å². The van der Waals surface area contributed by atoms with Gasteiger partial charge in [-0.2, -0.15) is 0 Å². The molecule has 0 saturated carbocycles. The molecule has 0 aromatic carbocycles. The average Bonchev–Trinajstić information content (AvgIpc) is 2.97. The summed E-state index contributed by atoms with van der Waals surface area (Å²) in [7, 11) is 0. The molecule has 0 bridgehead atoms. The first-order valence-corrected chi connectivity index (χ1v) is 11.4. The van der Waals surface area contributed by atoms with E-state index in [9.17, 15) is 14.4 Å². The minimum Gasteiger partial charge on any atom is -0.340 e. The predicted octanol–water partition coefficient (Wildman–Crippen LogP) is 3.70. The quantitative estimate of drug-likeness (QED) is 0.536. The highest BCUT2D eigenvalue weighted by atomic mass is 16.2. The number of likely N-dealkylation sites (tertiary alicyclic amines) is 2. The maximum absolute atomic E-state index is 13.7. The summed E-state index contributed by atoms with van der Waals surface area (Å²) in [6, 6.07) is -0.644. The Hall–Kier alpha value is -1.91. The Bertz CT molecular complexity index is 714. The van der Waals surface area contributed by atoms with Gasteiger partial charge in [-0.25, -0.2) is 0 Å². The Kier molecular flexibility index (Phi) is 5.67. The molecule has 29 heavy (non-hydrogen) atoms. The Morgan fingerprint density at radius 1 is 1.07 bits per heavy atom. The zero-order valence-corrected chi connectivity index (χ0v) is 17.8. The van der Waals surface area contributed by atoms with Crippen molar-refractivity contribution in [3.63, 3.8) is 0 Å². The Balaban J connectivity index is 1.56. The van der Waals surface area contributed by atoms with Crippen molar-refractivity contribution in [1.82, 2.24) is 9.80 Å². The van der Waals surface area contributed by atoms with Crippen LogP contribution in [0.1, 0.15) is 65.2 Å². The van der Waals surface area contributed by atoms with Crippen LogP contribution in [0.5, 0.6) is 0 Å². The zero-order chi connectivity index (χ0) is 20.6. The van der Waals surface area contributed by atoms with Crippen molar-refractivity contribution in [2.45, 2.75) is 71.3 Å². The van der Waals surface area contributed by atoms with Crippen LogP contribution in [-0.2, 0) is 14.4 Å². The van der Waals surface area contributed by atoms with Crippen LogP contribution in [0.15, 0.2) is 24.3 Å². The fourth-order valence-electron chi connectivity index (χ4n) is 5.82. The van der Waals surface area contributed by atoms with Gasteiger partial charge in [-0.15, -0.1) is 0 Å². The molecule has 5 nitrogen and oxygen atoms in total. The molecule has 4 rings (SSSR count). The number of carbonyl (C=O) groups is 3. The summed E-state index contributed by atoms with van der Waals surface area (Å²) in [4.78, 5) is 43.3. The lowest BCUT2D eigenvalue weighted by atomic mass is 9.71. The van der Waals surface area contributed by atoms with Gasteiger partial charge >= 0.3 is 0 Å². The van der Waals surface area contributed by atoms with E-state index in [1.807, 2.05) is 17.1 Å². The molecule has 3 amide bonds. The predicted molar refractivity (Wildman–Crippen MR) is 112 cm³/mol. The minimum absolute atomic E-state index is 0.0133. The average molecular weight is 399 g/mol. The molecule has 0 unspecified atom stereocenters. The number of piperidine rings is 1. The van der Waals surface area contributed by atoms with Gasteiger partial charge in [0.25, 0.3) is 0 Å². The number of hydrogen-bond acceptors (Lipinski definition) is 3. The van der Waals surface area contributed by atoms with Gasteiger partial charge in [0.2, 0.25) is 17.7 Å². The third-order valence-electron chi connectivity index (χ3n) is 7.37. The van der Waals surface area contributed by atoms with E-state index in [-0.39, 0.29) is 40.9 Å². The van der Waals surface area contributed by atoms with E-state index in [0.717, 1.165) is 45.2 Å². The lowest BCUT2D eigenvalue weighted by molar-refractivity contribution is -0.154. The SMILES string of the molecule is CC(C)C[C@H](C(=O)N1CCC[C@]2(CC=CCC2)C1)N1C(=O)[C@H]2CC=CC[C@@H]2C1=O. The minimum atomic E-state index is -0.644. The van der Waals surface area contributed by atoms with Crippen molar-refractivity contribution in [2.75, 3.05) is 13.1 Å². The van der Waals surface area contributed by atoms with E-state index in [0.29, 0.717) is 19.3 Å².